The Bertz CT molecular complexity index is 1580. The average Bonchev–Trinajstić information content (AvgIpc) is 2.90. The van der Waals surface area contributed by atoms with Gasteiger partial charge in [-0.05, 0) is 50.2 Å². The molecule has 5 N–H and O–H groups in total. The predicted molar refractivity (Wildman–Crippen MR) is 143 cm³/mol. The van der Waals surface area contributed by atoms with Gasteiger partial charge in [0.25, 0.3) is 16.8 Å². The van der Waals surface area contributed by atoms with E-state index in [9.17, 15) is 27.6 Å². The van der Waals surface area contributed by atoms with E-state index in [2.05, 4.69) is 36.6 Å². The Balaban J connectivity index is 1.56. The number of amides is 1. The standard InChI is InChI=1S/C26H24F3N7O3/c1-13(2)32-19-20(22(38)21(19)37)33-14-8-10-15(11-9-14)34-25-31-12-17(26(27,28)29)23(36-25)35-18-7-5-4-6-16(18)24(39)30-3/h4-13,32-33H,1-3H3,(H,30,39)(H2,31,34,35,36). The molecule has 0 fully saturated rings. The number of carbonyl (C=O) groups is 1. The van der Waals surface area contributed by atoms with Gasteiger partial charge in [0, 0.05) is 30.7 Å². The Hall–Kier alpha value is -4.94. The second kappa shape index (κ2) is 10.8. The number of nitrogens with zero attached hydrogens (tertiary/aromatic N) is 2. The molecule has 0 spiro atoms. The molecule has 3 aromatic carbocycles. The molecule has 1 amide bonds. The van der Waals surface area contributed by atoms with Crippen molar-refractivity contribution in [1.82, 2.24) is 15.3 Å². The molecular weight excluding hydrogens is 515 g/mol. The number of hydrogen-bond acceptors (Lipinski definition) is 9. The van der Waals surface area contributed by atoms with E-state index in [0.29, 0.717) is 17.6 Å². The Morgan fingerprint density at radius 2 is 1.49 bits per heavy atom. The summed E-state index contributed by atoms with van der Waals surface area (Å²) < 4.78 is 41.1. The quantitative estimate of drug-likeness (QED) is 0.195. The molecule has 39 heavy (non-hydrogen) atoms. The van der Waals surface area contributed by atoms with Crippen molar-refractivity contribution < 1.29 is 18.0 Å². The summed E-state index contributed by atoms with van der Waals surface area (Å²) in [5, 5.41) is 13.7. The number of para-hydroxylation sites is 1. The van der Waals surface area contributed by atoms with Crippen molar-refractivity contribution in [1.29, 1.82) is 0 Å². The number of carbonyl (C=O) groups excluding carboxylic acids is 1. The van der Waals surface area contributed by atoms with E-state index >= 15 is 0 Å². The van der Waals surface area contributed by atoms with Crippen LogP contribution >= 0.6 is 0 Å². The van der Waals surface area contributed by atoms with Crippen LogP contribution in [0, 0.1) is 0 Å². The van der Waals surface area contributed by atoms with E-state index in [-0.39, 0.29) is 34.6 Å². The molecule has 202 valence electrons. The van der Waals surface area contributed by atoms with Crippen molar-refractivity contribution in [2.75, 3.05) is 28.3 Å². The van der Waals surface area contributed by atoms with Crippen LogP contribution < -0.4 is 37.4 Å². The van der Waals surface area contributed by atoms with Gasteiger partial charge in [0.15, 0.2) is 0 Å². The summed E-state index contributed by atoms with van der Waals surface area (Å²) >= 11 is 0. The molecular formula is C26H24F3N7O3. The maximum Gasteiger partial charge on any atom is 0.421 e. The van der Waals surface area contributed by atoms with E-state index in [0.717, 1.165) is 0 Å². The number of anilines is 7. The fourth-order valence-corrected chi connectivity index (χ4v) is 3.64. The monoisotopic (exact) mass is 539 g/mol. The first-order valence-corrected chi connectivity index (χ1v) is 11.7. The summed E-state index contributed by atoms with van der Waals surface area (Å²) in [6.45, 7) is 3.68. The average molecular weight is 540 g/mol. The van der Waals surface area contributed by atoms with Gasteiger partial charge in [-0.15, -0.1) is 0 Å². The normalized spacial score (nSPS) is 11.4. The molecule has 10 nitrogen and oxygen atoms in total. The van der Waals surface area contributed by atoms with Crippen LogP contribution in [-0.2, 0) is 6.18 Å². The van der Waals surface area contributed by atoms with Gasteiger partial charge >= 0.3 is 6.18 Å². The number of benzene rings is 2. The molecule has 0 unspecified atom stereocenters. The zero-order valence-electron chi connectivity index (χ0n) is 21.0. The van der Waals surface area contributed by atoms with Crippen LogP contribution in [-0.4, -0.2) is 29.0 Å². The molecule has 0 aliphatic rings. The summed E-state index contributed by atoms with van der Waals surface area (Å²) in [6.07, 6.45) is -4.11. The van der Waals surface area contributed by atoms with Crippen LogP contribution in [0.15, 0.2) is 64.3 Å². The summed E-state index contributed by atoms with van der Waals surface area (Å²) in [4.78, 5) is 43.7. The number of aromatic nitrogens is 2. The van der Waals surface area contributed by atoms with Crippen molar-refractivity contribution >= 4 is 46.1 Å². The highest BCUT2D eigenvalue weighted by Gasteiger charge is 2.35. The van der Waals surface area contributed by atoms with E-state index in [1.165, 1.54) is 19.2 Å². The van der Waals surface area contributed by atoms with Crippen LogP contribution in [0.1, 0.15) is 29.8 Å². The Morgan fingerprint density at radius 3 is 2.10 bits per heavy atom. The largest absolute Gasteiger partial charge is 0.421 e. The van der Waals surface area contributed by atoms with Crippen LogP contribution in [0.2, 0.25) is 0 Å². The van der Waals surface area contributed by atoms with Gasteiger partial charge in [0.05, 0.1) is 11.3 Å². The minimum atomic E-state index is -4.76. The highest BCUT2D eigenvalue weighted by Crippen LogP contribution is 2.36. The molecule has 1 aromatic heterocycles. The van der Waals surface area contributed by atoms with E-state index in [1.54, 1.807) is 36.4 Å². The third-order valence-electron chi connectivity index (χ3n) is 5.50. The third-order valence-corrected chi connectivity index (χ3v) is 5.50. The van der Waals surface area contributed by atoms with Crippen molar-refractivity contribution in [3.05, 3.63) is 86.3 Å². The third kappa shape index (κ3) is 5.98. The highest BCUT2D eigenvalue weighted by molar-refractivity contribution is 6.00. The van der Waals surface area contributed by atoms with Gasteiger partial charge in [0.2, 0.25) is 5.95 Å². The lowest BCUT2D eigenvalue weighted by atomic mass is 10.1. The molecule has 0 saturated heterocycles. The van der Waals surface area contributed by atoms with Crippen LogP contribution in [0.4, 0.5) is 53.4 Å². The van der Waals surface area contributed by atoms with E-state index in [4.69, 9.17) is 0 Å². The molecule has 0 aliphatic heterocycles. The highest BCUT2D eigenvalue weighted by atomic mass is 19.4. The lowest BCUT2D eigenvalue weighted by Gasteiger charge is -2.17. The Labute approximate surface area is 220 Å². The van der Waals surface area contributed by atoms with E-state index < -0.39 is 34.3 Å². The smallest absolute Gasteiger partial charge is 0.378 e. The Kier molecular flexibility index (Phi) is 7.51. The van der Waals surface area contributed by atoms with Crippen molar-refractivity contribution in [2.24, 2.45) is 0 Å². The number of hydrogen-bond donors (Lipinski definition) is 5. The van der Waals surface area contributed by atoms with Crippen LogP contribution in [0.3, 0.4) is 0 Å². The SMILES string of the molecule is CNC(=O)c1ccccc1Nc1nc(Nc2ccc(Nc3c(NC(C)C)c(=O)c3=O)cc2)ncc1C(F)(F)F. The molecule has 4 rings (SSSR count). The van der Waals surface area contributed by atoms with Crippen molar-refractivity contribution in [3.63, 3.8) is 0 Å². The molecule has 4 aromatic rings. The fraction of sp³-hybridized carbons (Fsp3) is 0.192. The second-order valence-electron chi connectivity index (χ2n) is 8.74. The van der Waals surface area contributed by atoms with Gasteiger partial charge < -0.3 is 26.6 Å². The molecule has 0 aliphatic carbocycles. The maximum atomic E-state index is 13.7. The number of rotatable bonds is 9. The molecule has 0 bridgehead atoms. The first-order chi connectivity index (χ1) is 18.5. The van der Waals surface area contributed by atoms with Crippen LogP contribution in [0.25, 0.3) is 0 Å². The summed E-state index contributed by atoms with van der Waals surface area (Å²) in [7, 11) is 1.41. The molecule has 0 radical (unpaired) electrons. The first kappa shape index (κ1) is 27.1. The molecule has 1 heterocycles. The number of nitrogens with one attached hydrogen (secondary N) is 5. The predicted octanol–water partition coefficient (Wildman–Crippen LogP) is 4.50. The van der Waals surface area contributed by atoms with Gasteiger partial charge in [-0.1, -0.05) is 12.1 Å². The van der Waals surface area contributed by atoms with Gasteiger partial charge in [-0.25, -0.2) is 4.98 Å². The molecule has 0 atom stereocenters. The first-order valence-electron chi connectivity index (χ1n) is 11.7. The summed E-state index contributed by atoms with van der Waals surface area (Å²) in [5.41, 5.74) is -0.726. The molecule has 0 saturated carbocycles. The fourth-order valence-electron chi connectivity index (χ4n) is 3.64. The summed E-state index contributed by atoms with van der Waals surface area (Å²) in [6, 6.07) is 12.5. The second-order valence-corrected chi connectivity index (χ2v) is 8.74. The molecule has 13 heteroatoms. The topological polar surface area (TPSA) is 137 Å². The Morgan fingerprint density at radius 1 is 0.872 bits per heavy atom. The minimum absolute atomic E-state index is 0.0409. The number of alkyl halides is 3. The maximum absolute atomic E-state index is 13.7. The lowest BCUT2D eigenvalue weighted by Crippen LogP contribution is -2.37. The van der Waals surface area contributed by atoms with Gasteiger partial charge in [-0.2, -0.15) is 18.2 Å². The van der Waals surface area contributed by atoms with Crippen LogP contribution in [0.5, 0.6) is 0 Å². The van der Waals surface area contributed by atoms with E-state index in [1.807, 2.05) is 13.8 Å². The minimum Gasteiger partial charge on any atom is -0.378 e. The zero-order valence-corrected chi connectivity index (χ0v) is 21.0. The van der Waals surface area contributed by atoms with Crippen molar-refractivity contribution in [3.8, 4) is 0 Å². The summed E-state index contributed by atoms with van der Waals surface area (Å²) in [5.74, 6) is -1.15. The lowest BCUT2D eigenvalue weighted by molar-refractivity contribution is -0.137. The zero-order chi connectivity index (χ0) is 28.3. The van der Waals surface area contributed by atoms with Gasteiger partial charge in [-0.3, -0.25) is 14.4 Å². The van der Waals surface area contributed by atoms with Crippen molar-refractivity contribution in [2.45, 2.75) is 26.1 Å². The number of halogens is 3. The van der Waals surface area contributed by atoms with Gasteiger partial charge in [0.1, 0.15) is 22.8 Å².